The summed E-state index contributed by atoms with van der Waals surface area (Å²) in [7, 11) is 0. The average Bonchev–Trinajstić information content (AvgIpc) is 3.66. The lowest BCUT2D eigenvalue weighted by Crippen LogP contribution is -2.37. The summed E-state index contributed by atoms with van der Waals surface area (Å²) in [6, 6.07) is 23.1. The van der Waals surface area contributed by atoms with E-state index in [4.69, 9.17) is 9.84 Å². The Kier molecular flexibility index (Phi) is 9.88. The predicted molar refractivity (Wildman–Crippen MR) is 185 cm³/mol. The number of imidazole rings is 2. The van der Waals surface area contributed by atoms with Crippen molar-refractivity contribution >= 4 is 49.6 Å². The van der Waals surface area contributed by atoms with Crippen LogP contribution in [0.4, 0.5) is 11.6 Å². The highest BCUT2D eigenvalue weighted by Crippen LogP contribution is 2.25. The number of ether oxygens (including phenoxy) is 1. The third-order valence-corrected chi connectivity index (χ3v) is 8.71. The van der Waals surface area contributed by atoms with Gasteiger partial charge in [-0.2, -0.15) is 0 Å². The van der Waals surface area contributed by atoms with E-state index in [2.05, 4.69) is 110 Å². The fourth-order valence-electron chi connectivity index (χ4n) is 5.18. The molecule has 0 spiro atoms. The van der Waals surface area contributed by atoms with Crippen LogP contribution in [0.25, 0.3) is 33.3 Å². The van der Waals surface area contributed by atoms with E-state index in [0.29, 0.717) is 12.0 Å². The molecule has 5 heterocycles. The van der Waals surface area contributed by atoms with Gasteiger partial charge in [0.25, 0.3) is 0 Å². The van der Waals surface area contributed by atoms with Crippen molar-refractivity contribution in [3.8, 4) is 11.3 Å². The fourth-order valence-corrected chi connectivity index (χ4v) is 5.54. The van der Waals surface area contributed by atoms with Gasteiger partial charge in [-0.3, -0.25) is 4.90 Å². The minimum atomic E-state index is 0.359. The second-order valence-corrected chi connectivity index (χ2v) is 12.5. The molecule has 45 heavy (non-hydrogen) atoms. The Bertz CT molecular complexity index is 1860. The van der Waals surface area contributed by atoms with Crippen molar-refractivity contribution in [2.75, 3.05) is 50.0 Å². The van der Waals surface area contributed by atoms with Gasteiger partial charge in [-0.15, -0.1) is 10.2 Å². The summed E-state index contributed by atoms with van der Waals surface area (Å²) in [4.78, 5) is 11.2. The molecule has 0 aliphatic carbocycles. The summed E-state index contributed by atoms with van der Waals surface area (Å²) in [5.41, 5.74) is 3.82. The zero-order valence-electron chi connectivity index (χ0n) is 26.0. The first-order chi connectivity index (χ1) is 21.9. The molecular weight excluding hydrogens is 630 g/mol. The summed E-state index contributed by atoms with van der Waals surface area (Å²) in [6.45, 7) is 12.4. The number of morpholine rings is 1. The smallest absolute Gasteiger partial charge is 0.154 e. The van der Waals surface area contributed by atoms with Gasteiger partial charge in [-0.1, -0.05) is 50.2 Å². The second-order valence-electron chi connectivity index (χ2n) is 11.7. The van der Waals surface area contributed by atoms with Gasteiger partial charge < -0.3 is 15.4 Å². The maximum absolute atomic E-state index is 5.34. The molecule has 1 fully saturated rings. The maximum atomic E-state index is 5.34. The molecular formula is C34H40BrN9O. The van der Waals surface area contributed by atoms with Crippen molar-refractivity contribution in [3.63, 3.8) is 0 Å². The molecule has 2 N–H and O–H groups in total. The average molecular weight is 671 g/mol. The number of fused-ring (bicyclic) bond motifs is 3. The molecule has 0 amide bonds. The van der Waals surface area contributed by atoms with E-state index >= 15 is 0 Å². The van der Waals surface area contributed by atoms with Crippen LogP contribution in [-0.4, -0.2) is 79.5 Å². The number of rotatable bonds is 9. The van der Waals surface area contributed by atoms with E-state index in [1.54, 1.807) is 10.7 Å². The Morgan fingerprint density at radius 1 is 0.822 bits per heavy atom. The summed E-state index contributed by atoms with van der Waals surface area (Å²) >= 11 is 3.43. The molecule has 234 valence electrons. The van der Waals surface area contributed by atoms with Crippen molar-refractivity contribution in [3.05, 3.63) is 83.7 Å². The lowest BCUT2D eigenvalue weighted by atomic mass is 10.1. The van der Waals surface area contributed by atoms with E-state index in [1.165, 1.54) is 10.8 Å². The van der Waals surface area contributed by atoms with Crippen molar-refractivity contribution < 1.29 is 4.74 Å². The lowest BCUT2D eigenvalue weighted by molar-refractivity contribution is 0.0378. The number of aromatic nitrogens is 6. The quantitative estimate of drug-likeness (QED) is 0.166. The molecule has 1 aliphatic heterocycles. The van der Waals surface area contributed by atoms with Crippen LogP contribution in [0.2, 0.25) is 0 Å². The molecule has 1 saturated heterocycles. The molecule has 10 nitrogen and oxygen atoms in total. The molecule has 0 bridgehead atoms. The van der Waals surface area contributed by atoms with Crippen LogP contribution in [0.1, 0.15) is 27.2 Å². The molecule has 4 aromatic heterocycles. The topological polar surface area (TPSA) is 96.9 Å². The molecule has 6 aromatic rings. The highest BCUT2D eigenvalue weighted by atomic mass is 79.9. The van der Waals surface area contributed by atoms with Crippen molar-refractivity contribution in [1.82, 2.24) is 34.1 Å². The SMILES string of the molecule is Brc1cnc2ccc(NCCCN3CCOCC3)nn12.CC(C)C(C)Nc1ccc2ncc(-c3ccc4ccccc4c3)n2n1. The van der Waals surface area contributed by atoms with Gasteiger partial charge in [-0.05, 0) is 82.8 Å². The predicted octanol–water partition coefficient (Wildman–Crippen LogP) is 6.63. The Morgan fingerprint density at radius 2 is 1.53 bits per heavy atom. The van der Waals surface area contributed by atoms with Gasteiger partial charge in [-0.25, -0.2) is 19.0 Å². The minimum absolute atomic E-state index is 0.359. The molecule has 1 atom stereocenters. The molecule has 7 rings (SSSR count). The van der Waals surface area contributed by atoms with Crippen LogP contribution < -0.4 is 10.6 Å². The largest absolute Gasteiger partial charge is 0.379 e. The van der Waals surface area contributed by atoms with Gasteiger partial charge in [0, 0.05) is 31.2 Å². The number of hydrogen-bond donors (Lipinski definition) is 2. The van der Waals surface area contributed by atoms with Gasteiger partial charge in [0.2, 0.25) is 0 Å². The zero-order valence-corrected chi connectivity index (χ0v) is 27.6. The van der Waals surface area contributed by atoms with Crippen LogP contribution in [0.3, 0.4) is 0 Å². The lowest BCUT2D eigenvalue weighted by Gasteiger charge is -2.26. The van der Waals surface area contributed by atoms with Crippen LogP contribution in [-0.2, 0) is 4.74 Å². The Morgan fingerprint density at radius 3 is 2.33 bits per heavy atom. The zero-order chi connectivity index (χ0) is 31.2. The van der Waals surface area contributed by atoms with E-state index in [0.717, 1.165) is 84.6 Å². The van der Waals surface area contributed by atoms with Gasteiger partial charge in [0.05, 0.1) is 31.3 Å². The fraction of sp³-hybridized carbons (Fsp3) is 0.353. The number of nitrogens with zero attached hydrogens (tertiary/aromatic N) is 7. The van der Waals surface area contributed by atoms with Crippen LogP contribution in [0.5, 0.6) is 0 Å². The third kappa shape index (κ3) is 7.61. The summed E-state index contributed by atoms with van der Waals surface area (Å²) in [5.74, 6) is 2.28. The van der Waals surface area contributed by atoms with Crippen LogP contribution >= 0.6 is 15.9 Å². The van der Waals surface area contributed by atoms with Crippen LogP contribution in [0.15, 0.2) is 83.7 Å². The van der Waals surface area contributed by atoms with Crippen molar-refractivity contribution in [1.29, 1.82) is 0 Å². The summed E-state index contributed by atoms with van der Waals surface area (Å²) in [5, 5.41) is 18.5. The van der Waals surface area contributed by atoms with Gasteiger partial charge in [0.15, 0.2) is 11.3 Å². The Labute approximate surface area is 271 Å². The van der Waals surface area contributed by atoms with E-state index in [-0.39, 0.29) is 0 Å². The van der Waals surface area contributed by atoms with Crippen LogP contribution in [0, 0.1) is 5.92 Å². The normalized spacial score (nSPS) is 14.5. The Hall–Kier alpha value is -4.06. The molecule has 11 heteroatoms. The van der Waals surface area contributed by atoms with E-state index < -0.39 is 0 Å². The molecule has 0 radical (unpaired) electrons. The summed E-state index contributed by atoms with van der Waals surface area (Å²) < 4.78 is 9.90. The first-order valence-electron chi connectivity index (χ1n) is 15.6. The molecule has 1 unspecified atom stereocenters. The number of halogens is 1. The first-order valence-corrected chi connectivity index (χ1v) is 16.4. The molecule has 2 aromatic carbocycles. The number of benzene rings is 2. The minimum Gasteiger partial charge on any atom is -0.379 e. The van der Waals surface area contributed by atoms with E-state index in [1.807, 2.05) is 35.0 Å². The van der Waals surface area contributed by atoms with Gasteiger partial charge >= 0.3 is 0 Å². The standard InChI is InChI=1S/C21H22N4.C13H18BrN5O/c1-14(2)15(3)23-20-10-11-21-22-13-19(25(21)24-20)18-9-8-16-6-4-5-7-17(16)12-18;14-11-10-16-13-3-2-12(17-19(11)13)15-4-1-5-18-6-8-20-9-7-18/h4-15H,1-3H3,(H,23,24);2-3,10H,1,4-9H2,(H,15,17). The third-order valence-electron chi connectivity index (χ3n) is 8.16. The van der Waals surface area contributed by atoms with Crippen molar-refractivity contribution in [2.24, 2.45) is 5.92 Å². The highest BCUT2D eigenvalue weighted by Gasteiger charge is 2.12. The number of anilines is 2. The monoisotopic (exact) mass is 669 g/mol. The first kappa shape index (κ1) is 30.9. The van der Waals surface area contributed by atoms with Gasteiger partial charge in [0.1, 0.15) is 16.2 Å². The Balaban J connectivity index is 0.000000163. The maximum Gasteiger partial charge on any atom is 0.154 e. The summed E-state index contributed by atoms with van der Waals surface area (Å²) in [6.07, 6.45) is 4.75. The molecule has 1 aliphatic rings. The second kappa shape index (κ2) is 14.4. The number of nitrogens with one attached hydrogen (secondary N) is 2. The highest BCUT2D eigenvalue weighted by molar-refractivity contribution is 9.10. The number of hydrogen-bond acceptors (Lipinski definition) is 8. The molecule has 0 saturated carbocycles. The van der Waals surface area contributed by atoms with Crippen molar-refractivity contribution in [2.45, 2.75) is 33.2 Å². The van der Waals surface area contributed by atoms with E-state index in [9.17, 15) is 0 Å².